The first-order valence-corrected chi connectivity index (χ1v) is 6.44. The summed E-state index contributed by atoms with van der Waals surface area (Å²) in [5.74, 6) is 0.801. The van der Waals surface area contributed by atoms with E-state index >= 15 is 0 Å². The normalized spacial score (nSPS) is 10.8. The topological polar surface area (TPSA) is 67.6 Å². The molecule has 2 aromatic rings. The lowest BCUT2D eigenvalue weighted by Gasteiger charge is -2.06. The van der Waals surface area contributed by atoms with Gasteiger partial charge in [0.05, 0.1) is 0 Å². The van der Waals surface area contributed by atoms with Crippen LogP contribution in [0.1, 0.15) is 11.4 Å². The number of H-pyrrole nitrogens is 1. The molecule has 6 heteroatoms. The van der Waals surface area contributed by atoms with Gasteiger partial charge in [0.25, 0.3) is 0 Å². The number of nitrogens with two attached hydrogens (primary N) is 1. The predicted octanol–water partition coefficient (Wildman–Crippen LogP) is 2.42. The molecule has 3 N–H and O–H groups in total. The van der Waals surface area contributed by atoms with E-state index < -0.39 is 0 Å². The van der Waals surface area contributed by atoms with Crippen LogP contribution in [0.15, 0.2) is 28.3 Å². The lowest BCUT2D eigenvalue weighted by atomic mass is 10.1. The first-order valence-electron chi connectivity index (χ1n) is 5.24. The van der Waals surface area contributed by atoms with Crippen LogP contribution in [0.2, 0.25) is 5.02 Å². The highest BCUT2D eigenvalue weighted by Gasteiger charge is 2.08. The van der Waals surface area contributed by atoms with E-state index in [-0.39, 0.29) is 0 Å². The van der Waals surface area contributed by atoms with Crippen LogP contribution < -0.4 is 5.73 Å². The average Bonchev–Trinajstić information content (AvgIpc) is 2.68. The molecule has 0 aliphatic heterocycles. The first-order chi connectivity index (χ1) is 8.19. The Hall–Kier alpha value is -1.04. The van der Waals surface area contributed by atoms with E-state index in [0.717, 1.165) is 17.1 Å². The fourth-order valence-electron chi connectivity index (χ4n) is 1.45. The predicted molar refractivity (Wildman–Crippen MR) is 69.5 cm³/mol. The summed E-state index contributed by atoms with van der Waals surface area (Å²) in [5, 5.41) is 8.32. The van der Waals surface area contributed by atoms with Gasteiger partial charge in [0.15, 0.2) is 0 Å². The maximum absolute atomic E-state index is 6.00. The van der Waals surface area contributed by atoms with Crippen LogP contribution in [0.5, 0.6) is 0 Å². The lowest BCUT2D eigenvalue weighted by Crippen LogP contribution is -2.03. The first kappa shape index (κ1) is 12.4. The highest BCUT2D eigenvalue weighted by Crippen LogP contribution is 2.30. The van der Waals surface area contributed by atoms with Gasteiger partial charge in [0.1, 0.15) is 5.82 Å². The highest BCUT2D eigenvalue weighted by molar-refractivity contribution is 7.99. The Kier molecular flexibility index (Phi) is 4.04. The molecule has 0 saturated carbocycles. The van der Waals surface area contributed by atoms with Crippen LogP contribution in [-0.2, 0) is 6.42 Å². The third-order valence-corrected chi connectivity index (χ3v) is 3.42. The van der Waals surface area contributed by atoms with Crippen molar-refractivity contribution in [2.75, 3.05) is 6.54 Å². The molecule has 1 heterocycles. The standard InChI is InChI=1S/C11H13ClN4S/c1-7-14-11(16-15-7)17-10-6-9(12)3-2-8(10)4-5-13/h2-3,6H,4-5,13H2,1H3,(H,14,15,16). The number of aromatic nitrogens is 3. The molecule has 0 aliphatic carbocycles. The Morgan fingerprint density at radius 1 is 1.47 bits per heavy atom. The smallest absolute Gasteiger partial charge is 0.213 e. The number of aromatic amines is 1. The molecule has 2 rings (SSSR count). The van der Waals surface area contributed by atoms with E-state index in [1.165, 1.54) is 17.3 Å². The van der Waals surface area contributed by atoms with E-state index in [4.69, 9.17) is 17.3 Å². The molecule has 90 valence electrons. The zero-order valence-electron chi connectivity index (χ0n) is 9.40. The van der Waals surface area contributed by atoms with E-state index in [0.29, 0.717) is 16.7 Å². The van der Waals surface area contributed by atoms with Gasteiger partial charge in [-0.05, 0) is 49.3 Å². The number of rotatable bonds is 4. The number of hydrogen-bond donors (Lipinski definition) is 2. The Balaban J connectivity index is 2.26. The fourth-order valence-corrected chi connectivity index (χ4v) is 2.65. The van der Waals surface area contributed by atoms with Gasteiger partial charge >= 0.3 is 0 Å². The molecule has 0 fully saturated rings. The number of hydrogen-bond acceptors (Lipinski definition) is 4. The summed E-state index contributed by atoms with van der Waals surface area (Å²) in [6, 6.07) is 5.79. The van der Waals surface area contributed by atoms with Crippen LogP contribution in [0, 0.1) is 6.92 Å². The number of nitrogens with one attached hydrogen (secondary N) is 1. The maximum Gasteiger partial charge on any atom is 0.213 e. The van der Waals surface area contributed by atoms with Crippen LogP contribution in [0.25, 0.3) is 0 Å². The van der Waals surface area contributed by atoms with Crippen LogP contribution >= 0.6 is 23.4 Å². The quantitative estimate of drug-likeness (QED) is 0.894. The van der Waals surface area contributed by atoms with E-state index in [1.54, 1.807) is 0 Å². The summed E-state index contributed by atoms with van der Waals surface area (Å²) >= 11 is 7.49. The second-order valence-electron chi connectivity index (χ2n) is 3.60. The van der Waals surface area contributed by atoms with Crippen molar-refractivity contribution in [1.29, 1.82) is 0 Å². The largest absolute Gasteiger partial charge is 0.330 e. The number of benzene rings is 1. The van der Waals surface area contributed by atoms with Crippen LogP contribution in [0.4, 0.5) is 0 Å². The van der Waals surface area contributed by atoms with Crippen molar-refractivity contribution < 1.29 is 0 Å². The van der Waals surface area contributed by atoms with Gasteiger partial charge in [-0.3, -0.25) is 5.10 Å². The second kappa shape index (κ2) is 5.53. The molecule has 4 nitrogen and oxygen atoms in total. The molecule has 0 aliphatic rings. The van der Waals surface area contributed by atoms with Gasteiger partial charge in [-0.25, -0.2) is 4.98 Å². The van der Waals surface area contributed by atoms with Crippen molar-refractivity contribution in [3.8, 4) is 0 Å². The van der Waals surface area contributed by atoms with Crippen molar-refractivity contribution in [2.45, 2.75) is 23.4 Å². The summed E-state index contributed by atoms with van der Waals surface area (Å²) in [7, 11) is 0. The zero-order chi connectivity index (χ0) is 12.3. The zero-order valence-corrected chi connectivity index (χ0v) is 11.0. The van der Waals surface area contributed by atoms with Gasteiger partial charge in [-0.1, -0.05) is 17.7 Å². The molecule has 0 radical (unpaired) electrons. The molecule has 0 unspecified atom stereocenters. The van der Waals surface area contributed by atoms with Gasteiger partial charge < -0.3 is 5.73 Å². The Morgan fingerprint density at radius 3 is 2.94 bits per heavy atom. The molecule has 0 bridgehead atoms. The lowest BCUT2D eigenvalue weighted by molar-refractivity contribution is 0.937. The van der Waals surface area contributed by atoms with Crippen molar-refractivity contribution in [3.05, 3.63) is 34.6 Å². The van der Waals surface area contributed by atoms with E-state index in [2.05, 4.69) is 15.2 Å². The molecule has 0 spiro atoms. The van der Waals surface area contributed by atoms with Gasteiger partial charge in [0, 0.05) is 9.92 Å². The summed E-state index contributed by atoms with van der Waals surface area (Å²) in [6.07, 6.45) is 0.822. The minimum Gasteiger partial charge on any atom is -0.330 e. The molecule has 0 amide bonds. The van der Waals surface area contributed by atoms with Crippen molar-refractivity contribution in [3.63, 3.8) is 0 Å². The molecule has 1 aromatic heterocycles. The highest BCUT2D eigenvalue weighted by atomic mass is 35.5. The molecule has 0 saturated heterocycles. The molecule has 0 atom stereocenters. The van der Waals surface area contributed by atoms with E-state index in [9.17, 15) is 0 Å². The molecular formula is C11H13ClN4S. The fraction of sp³-hybridized carbons (Fsp3) is 0.273. The van der Waals surface area contributed by atoms with Gasteiger partial charge in [-0.15, -0.1) is 5.10 Å². The minimum atomic E-state index is 0.613. The molecular weight excluding hydrogens is 256 g/mol. The summed E-state index contributed by atoms with van der Waals surface area (Å²) in [6.45, 7) is 2.48. The van der Waals surface area contributed by atoms with Crippen molar-refractivity contribution in [1.82, 2.24) is 15.2 Å². The van der Waals surface area contributed by atoms with Crippen LogP contribution in [0.3, 0.4) is 0 Å². The molecule has 1 aromatic carbocycles. The third-order valence-electron chi connectivity index (χ3n) is 2.22. The maximum atomic E-state index is 6.00. The summed E-state index contributed by atoms with van der Waals surface area (Å²) in [4.78, 5) is 5.32. The van der Waals surface area contributed by atoms with Gasteiger partial charge in [0.2, 0.25) is 5.16 Å². The monoisotopic (exact) mass is 268 g/mol. The van der Waals surface area contributed by atoms with Crippen molar-refractivity contribution >= 4 is 23.4 Å². The Bertz CT molecular complexity index is 512. The second-order valence-corrected chi connectivity index (χ2v) is 5.04. The van der Waals surface area contributed by atoms with Crippen LogP contribution in [-0.4, -0.2) is 21.7 Å². The van der Waals surface area contributed by atoms with Gasteiger partial charge in [-0.2, -0.15) is 0 Å². The third kappa shape index (κ3) is 3.21. The van der Waals surface area contributed by atoms with E-state index in [1.807, 2.05) is 25.1 Å². The Labute approximate surface area is 109 Å². The van der Waals surface area contributed by atoms with Crippen molar-refractivity contribution in [2.24, 2.45) is 5.73 Å². The molecule has 17 heavy (non-hydrogen) atoms. The Morgan fingerprint density at radius 2 is 2.29 bits per heavy atom. The number of halogens is 1. The SMILES string of the molecule is Cc1nc(Sc2cc(Cl)ccc2CCN)n[nH]1. The summed E-state index contributed by atoms with van der Waals surface area (Å²) in [5.41, 5.74) is 6.76. The minimum absolute atomic E-state index is 0.613. The number of nitrogens with zero attached hydrogens (tertiary/aromatic N) is 2. The number of aryl methyl sites for hydroxylation is 1. The average molecular weight is 269 g/mol. The summed E-state index contributed by atoms with van der Waals surface area (Å²) < 4.78 is 0.